The van der Waals surface area contributed by atoms with E-state index in [9.17, 15) is 0 Å². The van der Waals surface area contributed by atoms with Crippen LogP contribution in [0.4, 0.5) is 0 Å². The second-order valence-corrected chi connectivity index (χ2v) is 6.20. The van der Waals surface area contributed by atoms with Gasteiger partial charge in [-0.2, -0.15) is 0 Å². The Balaban J connectivity index is 1.45. The zero-order valence-corrected chi connectivity index (χ0v) is 15.0. The van der Waals surface area contributed by atoms with E-state index in [1.165, 1.54) is 45.3 Å². The summed E-state index contributed by atoms with van der Waals surface area (Å²) < 4.78 is 5.68. The molecule has 0 unspecified atom stereocenters. The first-order valence-electron chi connectivity index (χ1n) is 9.23. The van der Waals surface area contributed by atoms with Gasteiger partial charge in [0, 0.05) is 20.1 Å². The first kappa shape index (κ1) is 18.6. The number of guanidine groups is 1. The summed E-state index contributed by atoms with van der Waals surface area (Å²) in [5.41, 5.74) is 0. The minimum atomic E-state index is 0.712. The van der Waals surface area contributed by atoms with Crippen molar-refractivity contribution in [3.8, 4) is 5.75 Å². The molecule has 5 nitrogen and oxygen atoms in total. The largest absolute Gasteiger partial charge is 0.494 e. The molecule has 24 heavy (non-hydrogen) atoms. The maximum absolute atomic E-state index is 5.68. The average Bonchev–Trinajstić information content (AvgIpc) is 3.14. The third-order valence-electron chi connectivity index (χ3n) is 4.24. The molecule has 0 bridgehead atoms. The van der Waals surface area contributed by atoms with Crippen molar-refractivity contribution < 1.29 is 4.74 Å². The Morgan fingerprint density at radius 3 is 2.46 bits per heavy atom. The van der Waals surface area contributed by atoms with Gasteiger partial charge in [-0.1, -0.05) is 18.2 Å². The fourth-order valence-corrected chi connectivity index (χ4v) is 2.88. The molecule has 134 valence electrons. The summed E-state index contributed by atoms with van der Waals surface area (Å²) in [6, 6.07) is 9.94. The summed E-state index contributed by atoms with van der Waals surface area (Å²) in [7, 11) is 1.82. The van der Waals surface area contributed by atoms with Gasteiger partial charge in [-0.3, -0.25) is 4.99 Å². The number of para-hydroxylation sites is 1. The zero-order chi connectivity index (χ0) is 16.9. The van der Waals surface area contributed by atoms with Crippen molar-refractivity contribution in [3.63, 3.8) is 0 Å². The first-order chi connectivity index (χ1) is 11.9. The fraction of sp³-hybridized carbons (Fsp3) is 0.632. The fourth-order valence-electron chi connectivity index (χ4n) is 2.88. The van der Waals surface area contributed by atoms with Gasteiger partial charge in [0.15, 0.2) is 5.96 Å². The SMILES string of the molecule is CN=C(NCCCCN1CCCC1)NCCCOc1ccccc1. The lowest BCUT2D eigenvalue weighted by Crippen LogP contribution is -2.38. The summed E-state index contributed by atoms with van der Waals surface area (Å²) in [6.45, 7) is 6.38. The lowest BCUT2D eigenvalue weighted by atomic mass is 10.3. The van der Waals surface area contributed by atoms with Crippen LogP contribution < -0.4 is 15.4 Å². The molecule has 0 aromatic heterocycles. The van der Waals surface area contributed by atoms with Crippen LogP contribution in [0.2, 0.25) is 0 Å². The molecule has 0 radical (unpaired) electrons. The molecule has 0 spiro atoms. The van der Waals surface area contributed by atoms with Gasteiger partial charge in [-0.25, -0.2) is 0 Å². The van der Waals surface area contributed by atoms with E-state index in [4.69, 9.17) is 4.74 Å². The highest BCUT2D eigenvalue weighted by Crippen LogP contribution is 2.08. The van der Waals surface area contributed by atoms with Crippen LogP contribution >= 0.6 is 0 Å². The summed E-state index contributed by atoms with van der Waals surface area (Å²) in [6.07, 6.45) is 6.15. The molecule has 1 aliphatic rings. The quantitative estimate of drug-likeness (QED) is 0.393. The highest BCUT2D eigenvalue weighted by atomic mass is 16.5. The molecule has 2 N–H and O–H groups in total. The van der Waals surface area contributed by atoms with Crippen molar-refractivity contribution >= 4 is 5.96 Å². The Hall–Kier alpha value is -1.75. The third kappa shape index (κ3) is 7.68. The molecule has 1 heterocycles. The third-order valence-corrected chi connectivity index (χ3v) is 4.24. The van der Waals surface area contributed by atoms with Gasteiger partial charge in [0.05, 0.1) is 6.61 Å². The molecular formula is C19H32N4O. The van der Waals surface area contributed by atoms with Crippen molar-refractivity contribution in [1.29, 1.82) is 0 Å². The Labute approximate surface area is 146 Å². The number of nitrogens with one attached hydrogen (secondary N) is 2. The molecule has 5 heteroatoms. The van der Waals surface area contributed by atoms with Crippen LogP contribution in [0.3, 0.4) is 0 Å². The highest BCUT2D eigenvalue weighted by Gasteiger charge is 2.09. The van der Waals surface area contributed by atoms with Gasteiger partial charge in [-0.15, -0.1) is 0 Å². The number of nitrogens with zero attached hydrogens (tertiary/aromatic N) is 2. The maximum atomic E-state index is 5.68. The normalized spacial score (nSPS) is 15.5. The average molecular weight is 332 g/mol. The molecular weight excluding hydrogens is 300 g/mol. The molecule has 2 rings (SSSR count). The smallest absolute Gasteiger partial charge is 0.190 e. The number of unbranched alkanes of at least 4 members (excludes halogenated alkanes) is 1. The van der Waals surface area contributed by atoms with Crippen LogP contribution in [0.5, 0.6) is 5.75 Å². The van der Waals surface area contributed by atoms with Crippen LogP contribution in [0.25, 0.3) is 0 Å². The molecule has 1 aliphatic heterocycles. The van der Waals surface area contributed by atoms with E-state index in [1.54, 1.807) is 0 Å². The number of ether oxygens (including phenoxy) is 1. The number of hydrogen-bond donors (Lipinski definition) is 2. The molecule has 0 amide bonds. The standard InChI is InChI=1S/C19H32N4O/c1-20-19(21-12-5-6-14-23-15-7-8-16-23)22-13-9-17-24-18-10-3-2-4-11-18/h2-4,10-11H,5-9,12-17H2,1H3,(H2,20,21,22). The van der Waals surface area contributed by atoms with Crippen LogP contribution in [-0.2, 0) is 0 Å². The first-order valence-corrected chi connectivity index (χ1v) is 9.23. The van der Waals surface area contributed by atoms with Gasteiger partial charge in [0.2, 0.25) is 0 Å². The maximum Gasteiger partial charge on any atom is 0.190 e. The summed E-state index contributed by atoms with van der Waals surface area (Å²) >= 11 is 0. The second-order valence-electron chi connectivity index (χ2n) is 6.20. The molecule has 0 atom stereocenters. The van der Waals surface area contributed by atoms with E-state index in [0.29, 0.717) is 6.61 Å². The van der Waals surface area contributed by atoms with Crippen LogP contribution in [-0.4, -0.2) is 57.2 Å². The Morgan fingerprint density at radius 1 is 1.04 bits per heavy atom. The number of hydrogen-bond acceptors (Lipinski definition) is 3. The van der Waals surface area contributed by atoms with E-state index in [-0.39, 0.29) is 0 Å². The Bertz CT molecular complexity index is 458. The predicted molar refractivity (Wildman–Crippen MR) is 101 cm³/mol. The topological polar surface area (TPSA) is 48.9 Å². The molecule has 0 aliphatic carbocycles. The summed E-state index contributed by atoms with van der Waals surface area (Å²) in [5.74, 6) is 1.81. The Morgan fingerprint density at radius 2 is 1.75 bits per heavy atom. The van der Waals surface area contributed by atoms with E-state index >= 15 is 0 Å². The van der Waals surface area contributed by atoms with Gasteiger partial charge in [0.25, 0.3) is 0 Å². The molecule has 1 fully saturated rings. The molecule has 0 saturated carbocycles. The van der Waals surface area contributed by atoms with E-state index in [2.05, 4.69) is 20.5 Å². The van der Waals surface area contributed by atoms with Gasteiger partial charge >= 0.3 is 0 Å². The van der Waals surface area contributed by atoms with E-state index < -0.39 is 0 Å². The van der Waals surface area contributed by atoms with Crippen LogP contribution in [0.1, 0.15) is 32.1 Å². The van der Waals surface area contributed by atoms with Gasteiger partial charge < -0.3 is 20.3 Å². The minimum Gasteiger partial charge on any atom is -0.494 e. The summed E-state index contributed by atoms with van der Waals surface area (Å²) in [4.78, 5) is 6.83. The van der Waals surface area contributed by atoms with Crippen molar-refractivity contribution in [2.24, 2.45) is 4.99 Å². The van der Waals surface area contributed by atoms with Crippen molar-refractivity contribution in [2.75, 3.05) is 46.4 Å². The van der Waals surface area contributed by atoms with Crippen LogP contribution in [0, 0.1) is 0 Å². The number of aliphatic imine (C=N–C) groups is 1. The highest BCUT2D eigenvalue weighted by molar-refractivity contribution is 5.79. The number of rotatable bonds is 10. The van der Waals surface area contributed by atoms with Gasteiger partial charge in [0.1, 0.15) is 5.75 Å². The number of benzene rings is 1. The number of likely N-dealkylation sites (tertiary alicyclic amines) is 1. The predicted octanol–water partition coefficient (Wildman–Crippen LogP) is 2.50. The van der Waals surface area contributed by atoms with E-state index in [1.807, 2.05) is 37.4 Å². The van der Waals surface area contributed by atoms with Crippen molar-refractivity contribution in [2.45, 2.75) is 32.1 Å². The monoisotopic (exact) mass is 332 g/mol. The molecule has 1 saturated heterocycles. The Kier molecular flexibility index (Phi) is 9.09. The lowest BCUT2D eigenvalue weighted by Gasteiger charge is -2.15. The van der Waals surface area contributed by atoms with Gasteiger partial charge in [-0.05, 0) is 63.9 Å². The van der Waals surface area contributed by atoms with E-state index in [0.717, 1.165) is 31.2 Å². The lowest BCUT2D eigenvalue weighted by molar-refractivity contribution is 0.311. The second kappa shape index (κ2) is 11.7. The molecule has 1 aromatic carbocycles. The summed E-state index contributed by atoms with van der Waals surface area (Å²) in [5, 5.41) is 6.72. The minimum absolute atomic E-state index is 0.712. The molecule has 1 aromatic rings. The zero-order valence-electron chi connectivity index (χ0n) is 15.0. The van der Waals surface area contributed by atoms with Crippen LogP contribution in [0.15, 0.2) is 35.3 Å². The van der Waals surface area contributed by atoms with Crippen molar-refractivity contribution in [3.05, 3.63) is 30.3 Å². The van der Waals surface area contributed by atoms with Crippen molar-refractivity contribution in [1.82, 2.24) is 15.5 Å².